The van der Waals surface area contributed by atoms with Crippen LogP contribution in [0.2, 0.25) is 0 Å². The summed E-state index contributed by atoms with van der Waals surface area (Å²) in [6.45, 7) is 14.6. The maximum atomic E-state index is 2.55. The molecule has 0 heterocycles. The maximum Gasteiger partial charge on any atom is 0.0159 e. The molecule has 0 aromatic heterocycles. The Morgan fingerprint density at radius 1 is 0.126 bits per heavy atom. The molecule has 0 nitrogen and oxygen atoms in total. The Morgan fingerprint density at radius 2 is 0.333 bits per heavy atom. The highest BCUT2D eigenvalue weighted by molar-refractivity contribution is 6.31. The van der Waals surface area contributed by atoms with Gasteiger partial charge in [-0.05, 0) is 280 Å². The summed E-state index contributed by atoms with van der Waals surface area (Å²) in [5.74, 6) is 0. The first-order valence-corrected chi connectivity index (χ1v) is 39.4. The van der Waals surface area contributed by atoms with Crippen LogP contribution in [0.5, 0.6) is 0 Å². The standard InChI is InChI=1S/C111H78/c1-109(2)97-42-26-25-35-79(97)80-53-50-78(66-100(80)109)106-88-39-22-23-40-89(88)107(93-58-47-72(60-95(93)106)68-29-13-8-14-30-68)108-90-41-24-21-38-87(90)105(92-57-46-73(61-96(92)108)69-31-15-9-16-32-69)77-49-55-84-82-52-44-75(63-99(82)111(5,6)102(84)65-77)74-43-51-81-83-54-48-76(64-101(83)110(3,4)98(81)62-74)104-86-37-20-19-36-85(86)103(70-33-17-10-18-34-70)94-59-71(45-56-91(94)104)67-27-11-7-12-28-67/h7-66H,1-6H3. The summed E-state index contributed by atoms with van der Waals surface area (Å²) < 4.78 is 0. The molecule has 19 aromatic carbocycles. The Bertz CT molecular complexity index is 7170. The molecule has 0 radical (unpaired) electrons. The highest BCUT2D eigenvalue weighted by atomic mass is 14.4. The zero-order valence-corrected chi connectivity index (χ0v) is 63.1. The van der Waals surface area contributed by atoms with E-state index in [0.29, 0.717) is 0 Å². The largest absolute Gasteiger partial charge is 0.0622 e. The summed E-state index contributed by atoms with van der Waals surface area (Å²) in [6.07, 6.45) is 0. The smallest absolute Gasteiger partial charge is 0.0159 e. The van der Waals surface area contributed by atoms with E-state index in [1.54, 1.807) is 0 Å². The Labute approximate surface area is 648 Å². The molecule has 19 aromatic rings. The number of hydrogen-bond donors (Lipinski definition) is 0. The topological polar surface area (TPSA) is 0 Å². The van der Waals surface area contributed by atoms with E-state index >= 15 is 0 Å². The van der Waals surface area contributed by atoms with Gasteiger partial charge in [0.2, 0.25) is 0 Å². The average molecular weight is 1410 g/mol. The van der Waals surface area contributed by atoms with Crippen molar-refractivity contribution in [1.29, 1.82) is 0 Å². The van der Waals surface area contributed by atoms with Gasteiger partial charge in [-0.2, -0.15) is 0 Å². The molecule has 111 heavy (non-hydrogen) atoms. The van der Waals surface area contributed by atoms with Gasteiger partial charge >= 0.3 is 0 Å². The molecule has 0 saturated heterocycles. The summed E-state index contributed by atoms with van der Waals surface area (Å²) >= 11 is 0. The fraction of sp³-hybridized carbons (Fsp3) is 0.0811. The van der Waals surface area contributed by atoms with E-state index in [2.05, 4.69) is 406 Å². The Balaban J connectivity index is 0.665. The van der Waals surface area contributed by atoms with Gasteiger partial charge in [0.05, 0.1) is 0 Å². The van der Waals surface area contributed by atoms with Crippen molar-refractivity contribution in [3.8, 4) is 134 Å². The van der Waals surface area contributed by atoms with Crippen molar-refractivity contribution in [2.24, 2.45) is 0 Å². The Hall–Kier alpha value is -13.3. The molecule has 22 rings (SSSR count). The molecule has 0 unspecified atom stereocenters. The minimum atomic E-state index is -0.307. The van der Waals surface area contributed by atoms with Gasteiger partial charge < -0.3 is 0 Å². The van der Waals surface area contributed by atoms with Crippen molar-refractivity contribution >= 4 is 64.6 Å². The molecule has 0 atom stereocenters. The lowest BCUT2D eigenvalue weighted by atomic mass is 9.78. The zero-order chi connectivity index (χ0) is 74.2. The molecule has 0 aliphatic heterocycles. The summed E-state index contributed by atoms with van der Waals surface area (Å²) in [5, 5.41) is 14.9. The summed E-state index contributed by atoms with van der Waals surface area (Å²) in [6, 6.07) is 139. The van der Waals surface area contributed by atoms with Gasteiger partial charge in [0.1, 0.15) is 0 Å². The van der Waals surface area contributed by atoms with Crippen LogP contribution in [0.25, 0.3) is 198 Å². The number of benzene rings is 19. The normalized spacial score (nSPS) is 13.9. The van der Waals surface area contributed by atoms with Crippen molar-refractivity contribution in [3.63, 3.8) is 0 Å². The van der Waals surface area contributed by atoms with Gasteiger partial charge in [-0.1, -0.05) is 357 Å². The minimum Gasteiger partial charge on any atom is -0.0622 e. The third-order valence-electron chi connectivity index (χ3n) is 25.8. The fourth-order valence-corrected chi connectivity index (χ4v) is 20.4. The van der Waals surface area contributed by atoms with Crippen molar-refractivity contribution in [2.75, 3.05) is 0 Å². The third kappa shape index (κ3) is 9.73. The van der Waals surface area contributed by atoms with Crippen molar-refractivity contribution in [2.45, 2.75) is 57.8 Å². The monoisotopic (exact) mass is 1410 g/mol. The number of hydrogen-bond acceptors (Lipinski definition) is 0. The van der Waals surface area contributed by atoms with Crippen LogP contribution in [0, 0.1) is 0 Å². The molecular formula is C111H78. The SMILES string of the molecule is CC1(C)c2cc(-c3ccc4c(c3)C(C)(C)c3cc(-c5c6ccccc6c(-c6c7ccccc7c(-c7ccc8c(c7)C(C)(C)c7ccccc7-8)c7cc(-c8ccccc8)ccc67)c6cc(-c7ccccc7)ccc56)ccc3-4)ccc2-c2ccc(-c3c4ccccc4c(-c4ccccc4)c4cc(-c5ccccc5)ccc34)cc21. The van der Waals surface area contributed by atoms with Gasteiger partial charge in [0.25, 0.3) is 0 Å². The molecule has 3 aliphatic carbocycles. The molecule has 3 aliphatic rings. The minimum absolute atomic E-state index is 0.160. The fourth-order valence-electron chi connectivity index (χ4n) is 20.4. The number of rotatable bonds is 9. The summed E-state index contributed by atoms with van der Waals surface area (Å²) in [5.41, 5.74) is 37.6. The summed E-state index contributed by atoms with van der Waals surface area (Å²) in [7, 11) is 0. The van der Waals surface area contributed by atoms with Gasteiger partial charge in [0, 0.05) is 16.2 Å². The van der Waals surface area contributed by atoms with E-state index in [0.717, 1.165) is 0 Å². The third-order valence-corrected chi connectivity index (χ3v) is 25.8. The molecule has 522 valence electrons. The average Bonchev–Trinajstić information content (AvgIpc) is 1.30. The first-order chi connectivity index (χ1) is 54.3. The molecule has 0 saturated carbocycles. The van der Waals surface area contributed by atoms with Crippen LogP contribution < -0.4 is 0 Å². The van der Waals surface area contributed by atoms with Crippen molar-refractivity contribution < 1.29 is 0 Å². The van der Waals surface area contributed by atoms with E-state index < -0.39 is 0 Å². The molecule has 0 spiro atoms. The van der Waals surface area contributed by atoms with E-state index in [1.807, 2.05) is 0 Å². The first kappa shape index (κ1) is 64.9. The lowest BCUT2D eigenvalue weighted by Gasteiger charge is -2.25. The second kappa shape index (κ2) is 24.4. The lowest BCUT2D eigenvalue weighted by Crippen LogP contribution is -2.15. The zero-order valence-electron chi connectivity index (χ0n) is 63.1. The second-order valence-electron chi connectivity index (χ2n) is 32.9. The quantitative estimate of drug-likeness (QED) is 0.126. The van der Waals surface area contributed by atoms with Gasteiger partial charge in [-0.25, -0.2) is 0 Å². The predicted molar refractivity (Wildman–Crippen MR) is 473 cm³/mol. The van der Waals surface area contributed by atoms with Crippen molar-refractivity contribution in [3.05, 3.63) is 397 Å². The summed E-state index contributed by atoms with van der Waals surface area (Å²) in [4.78, 5) is 0. The molecule has 0 N–H and O–H groups in total. The van der Waals surface area contributed by atoms with Crippen LogP contribution in [0.1, 0.15) is 74.9 Å². The van der Waals surface area contributed by atoms with Crippen LogP contribution >= 0.6 is 0 Å². The van der Waals surface area contributed by atoms with Crippen LogP contribution in [0.4, 0.5) is 0 Å². The molecule has 0 heteroatoms. The van der Waals surface area contributed by atoms with E-state index in [1.165, 1.54) is 232 Å². The van der Waals surface area contributed by atoms with Gasteiger partial charge in [-0.15, -0.1) is 0 Å². The second-order valence-corrected chi connectivity index (χ2v) is 32.9. The van der Waals surface area contributed by atoms with Gasteiger partial charge in [-0.3, -0.25) is 0 Å². The van der Waals surface area contributed by atoms with E-state index in [-0.39, 0.29) is 16.2 Å². The Kier molecular flexibility index (Phi) is 14.2. The maximum absolute atomic E-state index is 2.55. The van der Waals surface area contributed by atoms with E-state index in [4.69, 9.17) is 0 Å². The molecule has 0 bridgehead atoms. The highest BCUT2D eigenvalue weighted by Gasteiger charge is 2.40. The molecule has 0 fully saturated rings. The Morgan fingerprint density at radius 3 is 0.694 bits per heavy atom. The highest BCUT2D eigenvalue weighted by Crippen LogP contribution is 2.58. The van der Waals surface area contributed by atoms with Crippen LogP contribution in [0.15, 0.2) is 364 Å². The van der Waals surface area contributed by atoms with Gasteiger partial charge in [0.15, 0.2) is 0 Å². The van der Waals surface area contributed by atoms with Crippen LogP contribution in [-0.4, -0.2) is 0 Å². The van der Waals surface area contributed by atoms with Crippen LogP contribution in [-0.2, 0) is 16.2 Å². The molecule has 0 amide bonds. The molecular weight excluding hydrogens is 1330 g/mol. The lowest BCUT2D eigenvalue weighted by molar-refractivity contribution is 0.660. The first-order valence-electron chi connectivity index (χ1n) is 39.4. The number of fused-ring (bicyclic) bond motifs is 15. The van der Waals surface area contributed by atoms with Crippen molar-refractivity contribution in [1.82, 2.24) is 0 Å². The van der Waals surface area contributed by atoms with Crippen LogP contribution in [0.3, 0.4) is 0 Å². The predicted octanol–water partition coefficient (Wildman–Crippen LogP) is 30.5. The van der Waals surface area contributed by atoms with E-state index in [9.17, 15) is 0 Å².